The van der Waals surface area contributed by atoms with Gasteiger partial charge in [-0.3, -0.25) is 4.79 Å². The average molecular weight is 407 g/mol. The fourth-order valence-electron chi connectivity index (χ4n) is 3.30. The second-order valence-corrected chi connectivity index (χ2v) is 9.00. The van der Waals surface area contributed by atoms with Crippen LogP contribution in [0.1, 0.15) is 12.5 Å². The van der Waals surface area contributed by atoms with E-state index in [0.717, 1.165) is 10.5 Å². The molecule has 8 heteroatoms. The van der Waals surface area contributed by atoms with E-state index in [-0.39, 0.29) is 16.5 Å². The highest BCUT2D eigenvalue weighted by Crippen LogP contribution is 2.16. The quantitative estimate of drug-likeness (QED) is 0.780. The molecule has 150 valence electrons. The van der Waals surface area contributed by atoms with Crippen LogP contribution in [0, 0.1) is 12.7 Å². The Bertz CT molecular complexity index is 939. The van der Waals surface area contributed by atoms with Crippen LogP contribution < -0.4 is 10.2 Å². The maximum absolute atomic E-state index is 13.7. The summed E-state index contributed by atoms with van der Waals surface area (Å²) in [6.45, 7) is 5.38. The monoisotopic (exact) mass is 406 g/mol. The molecular formula is C20H25FN3O3S+. The van der Waals surface area contributed by atoms with Crippen molar-refractivity contribution in [3.63, 3.8) is 0 Å². The first-order valence-corrected chi connectivity index (χ1v) is 10.7. The molecule has 2 aromatic carbocycles. The van der Waals surface area contributed by atoms with Crippen molar-refractivity contribution >= 4 is 21.6 Å². The summed E-state index contributed by atoms with van der Waals surface area (Å²) in [5.74, 6) is -0.762. The van der Waals surface area contributed by atoms with E-state index in [0.29, 0.717) is 26.2 Å². The fraction of sp³-hybridized carbons (Fsp3) is 0.350. The van der Waals surface area contributed by atoms with Gasteiger partial charge in [0.2, 0.25) is 10.0 Å². The van der Waals surface area contributed by atoms with Gasteiger partial charge in [-0.2, -0.15) is 4.31 Å². The molecule has 1 aliphatic rings. The molecule has 0 unspecified atom stereocenters. The lowest BCUT2D eigenvalue weighted by atomic mass is 10.2. The molecule has 0 radical (unpaired) electrons. The number of aryl methyl sites for hydroxylation is 1. The Kier molecular flexibility index (Phi) is 6.12. The van der Waals surface area contributed by atoms with Crippen molar-refractivity contribution in [1.82, 2.24) is 4.31 Å². The van der Waals surface area contributed by atoms with Crippen LogP contribution >= 0.6 is 0 Å². The number of amides is 1. The first kappa shape index (κ1) is 20.4. The normalized spacial score (nSPS) is 17.2. The number of hydrogen-bond acceptors (Lipinski definition) is 3. The summed E-state index contributed by atoms with van der Waals surface area (Å²) in [7, 11) is -3.53. The molecule has 1 atom stereocenters. The molecule has 1 fully saturated rings. The Morgan fingerprint density at radius 2 is 1.71 bits per heavy atom. The summed E-state index contributed by atoms with van der Waals surface area (Å²) in [4.78, 5) is 13.7. The summed E-state index contributed by atoms with van der Waals surface area (Å²) in [6.07, 6.45) is 0. The lowest BCUT2D eigenvalue weighted by molar-refractivity contribution is -0.917. The molecule has 1 heterocycles. The summed E-state index contributed by atoms with van der Waals surface area (Å²) in [6, 6.07) is 12.4. The van der Waals surface area contributed by atoms with Gasteiger partial charge in [-0.1, -0.05) is 29.8 Å². The first-order chi connectivity index (χ1) is 13.3. The van der Waals surface area contributed by atoms with E-state index in [1.165, 1.54) is 16.4 Å². The van der Waals surface area contributed by atoms with Crippen molar-refractivity contribution in [3.8, 4) is 0 Å². The van der Waals surface area contributed by atoms with Gasteiger partial charge in [-0.05, 0) is 38.1 Å². The van der Waals surface area contributed by atoms with Gasteiger partial charge in [0, 0.05) is 0 Å². The highest BCUT2D eigenvalue weighted by molar-refractivity contribution is 7.89. The number of sulfonamides is 1. The van der Waals surface area contributed by atoms with Gasteiger partial charge in [-0.25, -0.2) is 12.8 Å². The maximum atomic E-state index is 13.7. The molecule has 28 heavy (non-hydrogen) atoms. The fourth-order valence-corrected chi connectivity index (χ4v) is 4.74. The second kappa shape index (κ2) is 8.38. The van der Waals surface area contributed by atoms with E-state index < -0.39 is 21.9 Å². The predicted octanol–water partition coefficient (Wildman–Crippen LogP) is 1.05. The average Bonchev–Trinajstić information content (AvgIpc) is 2.69. The predicted molar refractivity (Wildman–Crippen MR) is 105 cm³/mol. The Morgan fingerprint density at radius 1 is 1.11 bits per heavy atom. The van der Waals surface area contributed by atoms with Crippen molar-refractivity contribution in [2.75, 3.05) is 31.5 Å². The third-order valence-corrected chi connectivity index (χ3v) is 7.07. The van der Waals surface area contributed by atoms with Gasteiger partial charge in [0.05, 0.1) is 36.8 Å². The molecule has 0 saturated carbocycles. The molecule has 0 bridgehead atoms. The molecule has 1 saturated heterocycles. The standard InChI is InChI=1S/C20H24FN3O3S/c1-15-7-9-17(10-8-15)28(26,27)24-13-11-23(12-14-24)16(2)20(25)22-19-6-4-3-5-18(19)21/h3-10,16H,11-14H2,1-2H3,(H,22,25)/p+1/t16-/m1/s1. The number of anilines is 1. The molecule has 1 aliphatic heterocycles. The van der Waals surface area contributed by atoms with Crippen LogP contribution in [0.25, 0.3) is 0 Å². The van der Waals surface area contributed by atoms with E-state index in [9.17, 15) is 17.6 Å². The number of halogens is 1. The molecule has 1 amide bonds. The molecule has 6 nitrogen and oxygen atoms in total. The van der Waals surface area contributed by atoms with Gasteiger partial charge in [0.15, 0.2) is 6.04 Å². The topological polar surface area (TPSA) is 70.9 Å². The minimum Gasteiger partial charge on any atom is -0.323 e. The van der Waals surface area contributed by atoms with Crippen LogP contribution in [0.15, 0.2) is 53.4 Å². The number of benzene rings is 2. The Hall–Kier alpha value is -2.29. The highest BCUT2D eigenvalue weighted by atomic mass is 32.2. The SMILES string of the molecule is Cc1ccc(S(=O)(=O)N2CC[NH+]([C@H](C)C(=O)Nc3ccccc3F)CC2)cc1. The van der Waals surface area contributed by atoms with Crippen LogP contribution in [-0.4, -0.2) is 50.9 Å². The number of hydrogen-bond donors (Lipinski definition) is 2. The van der Waals surface area contributed by atoms with Crippen molar-refractivity contribution in [2.24, 2.45) is 0 Å². The zero-order chi connectivity index (χ0) is 20.3. The lowest BCUT2D eigenvalue weighted by Gasteiger charge is -2.34. The number of quaternary nitrogens is 1. The molecule has 0 aliphatic carbocycles. The number of nitrogens with zero attached hydrogens (tertiary/aromatic N) is 1. The summed E-state index contributed by atoms with van der Waals surface area (Å²) >= 11 is 0. The van der Waals surface area contributed by atoms with Crippen LogP contribution in [-0.2, 0) is 14.8 Å². The summed E-state index contributed by atoms with van der Waals surface area (Å²) in [5, 5.41) is 2.61. The smallest absolute Gasteiger partial charge is 0.282 e. The highest BCUT2D eigenvalue weighted by Gasteiger charge is 2.34. The van der Waals surface area contributed by atoms with E-state index in [2.05, 4.69) is 5.32 Å². The third kappa shape index (κ3) is 4.40. The van der Waals surface area contributed by atoms with Crippen LogP contribution in [0.4, 0.5) is 10.1 Å². The van der Waals surface area contributed by atoms with Crippen molar-refractivity contribution in [3.05, 3.63) is 59.9 Å². The van der Waals surface area contributed by atoms with Gasteiger partial charge in [0.25, 0.3) is 5.91 Å². The zero-order valence-corrected chi connectivity index (χ0v) is 16.8. The van der Waals surface area contributed by atoms with Crippen LogP contribution in [0.5, 0.6) is 0 Å². The summed E-state index contributed by atoms with van der Waals surface area (Å²) < 4.78 is 40.8. The molecule has 2 N–H and O–H groups in total. The second-order valence-electron chi connectivity index (χ2n) is 7.07. The largest absolute Gasteiger partial charge is 0.323 e. The van der Waals surface area contributed by atoms with Gasteiger partial charge in [0.1, 0.15) is 5.82 Å². The minimum atomic E-state index is -3.53. The van der Waals surface area contributed by atoms with Gasteiger partial charge < -0.3 is 10.2 Å². The Labute approximate surface area is 165 Å². The molecule has 0 aromatic heterocycles. The van der Waals surface area contributed by atoms with Gasteiger partial charge >= 0.3 is 0 Å². The minimum absolute atomic E-state index is 0.152. The first-order valence-electron chi connectivity index (χ1n) is 9.26. The molecule has 0 spiro atoms. The van der Waals surface area contributed by atoms with Crippen LogP contribution in [0.2, 0.25) is 0 Å². The van der Waals surface area contributed by atoms with E-state index in [4.69, 9.17) is 0 Å². The van der Waals surface area contributed by atoms with E-state index in [1.807, 2.05) is 6.92 Å². The maximum Gasteiger partial charge on any atom is 0.282 e. The zero-order valence-electron chi connectivity index (χ0n) is 16.0. The number of carbonyl (C=O) groups excluding carboxylic acids is 1. The van der Waals surface area contributed by atoms with Crippen molar-refractivity contribution in [2.45, 2.75) is 24.8 Å². The number of para-hydroxylation sites is 1. The summed E-state index contributed by atoms with van der Waals surface area (Å²) in [5.41, 5.74) is 1.15. The number of piperazine rings is 1. The van der Waals surface area contributed by atoms with Crippen molar-refractivity contribution in [1.29, 1.82) is 0 Å². The Balaban J connectivity index is 1.60. The number of rotatable bonds is 5. The lowest BCUT2D eigenvalue weighted by Crippen LogP contribution is -3.19. The number of carbonyl (C=O) groups is 1. The van der Waals surface area contributed by atoms with Gasteiger partial charge in [-0.15, -0.1) is 0 Å². The van der Waals surface area contributed by atoms with E-state index >= 15 is 0 Å². The Morgan fingerprint density at radius 3 is 2.32 bits per heavy atom. The third-order valence-electron chi connectivity index (χ3n) is 5.16. The van der Waals surface area contributed by atoms with Crippen LogP contribution in [0.3, 0.4) is 0 Å². The molecule has 2 aromatic rings. The molecular weight excluding hydrogens is 381 g/mol. The van der Waals surface area contributed by atoms with Crippen molar-refractivity contribution < 1.29 is 22.5 Å². The molecule has 3 rings (SSSR count). The van der Waals surface area contributed by atoms with E-state index in [1.54, 1.807) is 43.3 Å². The number of nitrogens with one attached hydrogen (secondary N) is 2.